The van der Waals surface area contributed by atoms with Crippen LogP contribution in [0, 0.1) is 11.7 Å². The van der Waals surface area contributed by atoms with E-state index in [1.165, 1.54) is 17.0 Å². The first-order valence-corrected chi connectivity index (χ1v) is 5.79. The fourth-order valence-electron chi connectivity index (χ4n) is 1.95. The number of nitrogens with zero attached hydrogens (tertiary/aromatic N) is 1. The third-order valence-electron chi connectivity index (χ3n) is 2.92. The van der Waals surface area contributed by atoms with Crippen LogP contribution < -0.4 is 0 Å². The third-order valence-corrected chi connectivity index (χ3v) is 3.23. The normalized spacial score (nSPS) is 19.3. The molecule has 0 saturated carbocycles. The van der Waals surface area contributed by atoms with Crippen LogP contribution in [0.4, 0.5) is 4.39 Å². The molecule has 18 heavy (non-hydrogen) atoms. The van der Waals surface area contributed by atoms with Gasteiger partial charge in [-0.3, -0.25) is 9.59 Å². The summed E-state index contributed by atoms with van der Waals surface area (Å²) in [7, 11) is 0. The van der Waals surface area contributed by atoms with Gasteiger partial charge in [0.2, 0.25) is 5.91 Å². The smallest absolute Gasteiger partial charge is 0.308 e. The lowest BCUT2D eigenvalue weighted by Gasteiger charge is -2.16. The first-order chi connectivity index (χ1) is 8.47. The number of carboxylic acids is 1. The number of hydrogen-bond acceptors (Lipinski definition) is 2. The van der Waals surface area contributed by atoms with Crippen molar-refractivity contribution in [2.24, 2.45) is 5.92 Å². The highest BCUT2D eigenvalue weighted by molar-refractivity contribution is 6.30. The summed E-state index contributed by atoms with van der Waals surface area (Å²) >= 11 is 5.56. The maximum Gasteiger partial charge on any atom is 0.308 e. The predicted molar refractivity (Wildman–Crippen MR) is 62.6 cm³/mol. The minimum Gasteiger partial charge on any atom is -0.481 e. The molecule has 0 aliphatic carbocycles. The highest BCUT2D eigenvalue weighted by Gasteiger charge is 2.34. The average molecular weight is 272 g/mol. The Morgan fingerprint density at radius 1 is 1.56 bits per heavy atom. The van der Waals surface area contributed by atoms with Crippen molar-refractivity contribution < 1.29 is 19.1 Å². The molecule has 1 amide bonds. The number of rotatable bonds is 3. The van der Waals surface area contributed by atoms with Crippen LogP contribution in [0.3, 0.4) is 0 Å². The second-order valence-corrected chi connectivity index (χ2v) is 4.67. The van der Waals surface area contributed by atoms with E-state index in [1.807, 2.05) is 0 Å². The van der Waals surface area contributed by atoms with Crippen LogP contribution in [0.2, 0.25) is 5.02 Å². The minimum absolute atomic E-state index is 0.00536. The fraction of sp³-hybridized carbons (Fsp3) is 0.333. The highest BCUT2D eigenvalue weighted by atomic mass is 35.5. The van der Waals surface area contributed by atoms with Gasteiger partial charge in [0.05, 0.1) is 10.9 Å². The van der Waals surface area contributed by atoms with Crippen molar-refractivity contribution in [3.05, 3.63) is 34.6 Å². The standard InChI is InChI=1S/C12H11ClFNO3/c13-9-2-1-7(3-10(9)14)5-15-6-8(12(17)18)4-11(15)16/h1-3,8H,4-6H2,(H,17,18)/t8-/m0/s1. The summed E-state index contributed by atoms with van der Waals surface area (Å²) in [5, 5.41) is 8.86. The molecule has 96 valence electrons. The summed E-state index contributed by atoms with van der Waals surface area (Å²) in [5.41, 5.74) is 0.594. The lowest BCUT2D eigenvalue weighted by Crippen LogP contribution is -2.25. The molecule has 2 rings (SSSR count). The van der Waals surface area contributed by atoms with E-state index in [9.17, 15) is 14.0 Å². The van der Waals surface area contributed by atoms with E-state index in [4.69, 9.17) is 16.7 Å². The van der Waals surface area contributed by atoms with Crippen molar-refractivity contribution >= 4 is 23.5 Å². The lowest BCUT2D eigenvalue weighted by molar-refractivity contribution is -0.141. The predicted octanol–water partition coefficient (Wildman–Crippen LogP) is 1.91. The molecule has 1 aliphatic rings. The van der Waals surface area contributed by atoms with E-state index >= 15 is 0 Å². The number of hydrogen-bond donors (Lipinski definition) is 1. The Balaban J connectivity index is 2.08. The first-order valence-electron chi connectivity index (χ1n) is 5.42. The van der Waals surface area contributed by atoms with Gasteiger partial charge in [-0.15, -0.1) is 0 Å². The van der Waals surface area contributed by atoms with E-state index in [-0.39, 0.29) is 30.4 Å². The van der Waals surface area contributed by atoms with Crippen molar-refractivity contribution in [3.63, 3.8) is 0 Å². The van der Waals surface area contributed by atoms with Gasteiger partial charge in [-0.05, 0) is 17.7 Å². The zero-order chi connectivity index (χ0) is 13.3. The monoisotopic (exact) mass is 271 g/mol. The lowest BCUT2D eigenvalue weighted by atomic mass is 10.1. The zero-order valence-corrected chi connectivity index (χ0v) is 10.2. The van der Waals surface area contributed by atoms with Gasteiger partial charge in [0.25, 0.3) is 0 Å². The molecule has 0 unspecified atom stereocenters. The minimum atomic E-state index is -0.979. The molecule has 1 aromatic carbocycles. The summed E-state index contributed by atoms with van der Waals surface area (Å²) < 4.78 is 13.2. The van der Waals surface area contributed by atoms with Crippen molar-refractivity contribution in [2.45, 2.75) is 13.0 Å². The van der Waals surface area contributed by atoms with Crippen LogP contribution in [0.15, 0.2) is 18.2 Å². The highest BCUT2D eigenvalue weighted by Crippen LogP contribution is 2.22. The van der Waals surface area contributed by atoms with Crippen molar-refractivity contribution in [1.29, 1.82) is 0 Å². The number of likely N-dealkylation sites (tertiary alicyclic amines) is 1. The van der Waals surface area contributed by atoms with E-state index in [0.29, 0.717) is 5.56 Å². The fourth-order valence-corrected chi connectivity index (χ4v) is 2.07. The SMILES string of the molecule is O=C(O)[C@H]1CC(=O)N(Cc2ccc(Cl)c(F)c2)C1. The average Bonchev–Trinajstić information content (AvgIpc) is 2.66. The van der Waals surface area contributed by atoms with Crippen molar-refractivity contribution in [1.82, 2.24) is 4.90 Å². The van der Waals surface area contributed by atoms with Gasteiger partial charge in [0.1, 0.15) is 5.82 Å². The molecule has 1 aliphatic heterocycles. The van der Waals surface area contributed by atoms with Crippen LogP contribution in [-0.4, -0.2) is 28.4 Å². The van der Waals surface area contributed by atoms with Crippen molar-refractivity contribution in [3.8, 4) is 0 Å². The molecule has 1 heterocycles. The van der Waals surface area contributed by atoms with Gasteiger partial charge in [0, 0.05) is 19.5 Å². The largest absolute Gasteiger partial charge is 0.481 e. The van der Waals surface area contributed by atoms with Gasteiger partial charge in [-0.2, -0.15) is 0 Å². The van der Waals surface area contributed by atoms with Gasteiger partial charge >= 0.3 is 5.97 Å². The van der Waals surface area contributed by atoms with Crippen molar-refractivity contribution in [2.75, 3.05) is 6.54 Å². The van der Waals surface area contributed by atoms with Crippen LogP contribution in [0.25, 0.3) is 0 Å². The van der Waals surface area contributed by atoms with E-state index in [2.05, 4.69) is 0 Å². The number of carboxylic acid groups (broad SMARTS) is 1. The Bertz CT molecular complexity index is 506. The molecule has 0 radical (unpaired) electrons. The Morgan fingerprint density at radius 2 is 2.28 bits per heavy atom. The van der Waals surface area contributed by atoms with Crippen LogP contribution >= 0.6 is 11.6 Å². The molecule has 6 heteroatoms. The van der Waals surface area contributed by atoms with Gasteiger partial charge in [-0.25, -0.2) is 4.39 Å². The number of carbonyl (C=O) groups is 2. The molecule has 1 atom stereocenters. The Kier molecular flexibility index (Phi) is 3.52. The summed E-state index contributed by atoms with van der Waals surface area (Å²) in [5.74, 6) is -2.42. The zero-order valence-electron chi connectivity index (χ0n) is 9.40. The summed E-state index contributed by atoms with van der Waals surface area (Å²) in [6.45, 7) is 0.370. The topological polar surface area (TPSA) is 57.6 Å². The first kappa shape index (κ1) is 12.8. The molecule has 0 bridgehead atoms. The van der Waals surface area contributed by atoms with Crippen LogP contribution in [-0.2, 0) is 16.1 Å². The maximum atomic E-state index is 13.2. The van der Waals surface area contributed by atoms with E-state index < -0.39 is 17.7 Å². The second-order valence-electron chi connectivity index (χ2n) is 4.26. The van der Waals surface area contributed by atoms with E-state index in [1.54, 1.807) is 6.07 Å². The summed E-state index contributed by atoms with van der Waals surface area (Å²) in [4.78, 5) is 23.8. The summed E-state index contributed by atoms with van der Waals surface area (Å²) in [6, 6.07) is 4.29. The number of amides is 1. The molecule has 1 aromatic rings. The molecule has 0 aromatic heterocycles. The van der Waals surface area contributed by atoms with Gasteiger partial charge < -0.3 is 10.0 Å². The van der Waals surface area contributed by atoms with Crippen LogP contribution in [0.5, 0.6) is 0 Å². The molecule has 0 spiro atoms. The Morgan fingerprint density at radius 3 is 2.83 bits per heavy atom. The number of aliphatic carboxylic acids is 1. The third kappa shape index (κ3) is 2.61. The molecule has 1 saturated heterocycles. The number of benzene rings is 1. The van der Waals surface area contributed by atoms with Crippen LogP contribution in [0.1, 0.15) is 12.0 Å². The Labute approximate surface area is 108 Å². The molecule has 1 fully saturated rings. The molecular weight excluding hydrogens is 261 g/mol. The molecular formula is C12H11ClFNO3. The number of halogens is 2. The quantitative estimate of drug-likeness (QED) is 0.914. The molecule has 1 N–H and O–H groups in total. The van der Waals surface area contributed by atoms with Gasteiger partial charge in [0.15, 0.2) is 0 Å². The Hall–Kier alpha value is -1.62. The molecule has 4 nitrogen and oxygen atoms in total. The second kappa shape index (κ2) is 4.94. The van der Waals surface area contributed by atoms with Gasteiger partial charge in [-0.1, -0.05) is 17.7 Å². The van der Waals surface area contributed by atoms with E-state index in [0.717, 1.165) is 0 Å². The maximum absolute atomic E-state index is 13.2. The number of carbonyl (C=O) groups excluding carboxylic acids is 1. The summed E-state index contributed by atoms with van der Waals surface area (Å²) in [6.07, 6.45) is 0.00536.